The van der Waals surface area contributed by atoms with E-state index in [4.69, 9.17) is 4.74 Å². The largest absolute Gasteiger partial charge is 0.390 e. The smallest absolute Gasteiger partial charge is 0.154 e. The van der Waals surface area contributed by atoms with Crippen molar-refractivity contribution in [3.05, 3.63) is 0 Å². The predicted octanol–water partition coefficient (Wildman–Crippen LogP) is -0.497. The monoisotopic (exact) mass is 263 g/mol. The molecule has 0 aromatic carbocycles. The number of aliphatic hydroxyl groups excluding tert-OH is 1. The Morgan fingerprint density at radius 1 is 1.29 bits per heavy atom. The summed E-state index contributed by atoms with van der Waals surface area (Å²) in [4.78, 5) is 2.01. The molecule has 1 N–H and O–H groups in total. The SMILES string of the molecule is CN(CC1CCOCC1)C1CS(=O)(=O)CC1O. The molecule has 0 saturated carbocycles. The van der Waals surface area contributed by atoms with E-state index in [1.807, 2.05) is 11.9 Å². The average Bonchev–Trinajstić information content (AvgIpc) is 2.54. The number of likely N-dealkylation sites (N-methyl/N-ethyl adjacent to an activating group) is 1. The minimum Gasteiger partial charge on any atom is -0.390 e. The molecule has 5 nitrogen and oxygen atoms in total. The highest BCUT2D eigenvalue weighted by Crippen LogP contribution is 2.21. The second-order valence-corrected chi connectivity index (χ2v) is 7.36. The third kappa shape index (κ3) is 3.40. The summed E-state index contributed by atoms with van der Waals surface area (Å²) in [5, 5.41) is 9.78. The summed E-state index contributed by atoms with van der Waals surface area (Å²) in [6.07, 6.45) is 1.32. The van der Waals surface area contributed by atoms with Gasteiger partial charge in [-0.3, -0.25) is 4.90 Å². The van der Waals surface area contributed by atoms with Crippen LogP contribution in [0.5, 0.6) is 0 Å². The van der Waals surface area contributed by atoms with Gasteiger partial charge in [-0.15, -0.1) is 0 Å². The molecule has 2 unspecified atom stereocenters. The lowest BCUT2D eigenvalue weighted by molar-refractivity contribution is 0.0381. The van der Waals surface area contributed by atoms with Gasteiger partial charge in [0.2, 0.25) is 0 Å². The number of hydrogen-bond donors (Lipinski definition) is 1. The van der Waals surface area contributed by atoms with E-state index < -0.39 is 15.9 Å². The molecule has 0 aromatic rings. The van der Waals surface area contributed by atoms with Crippen LogP contribution in [0.2, 0.25) is 0 Å². The minimum atomic E-state index is -3.05. The van der Waals surface area contributed by atoms with E-state index in [1.165, 1.54) is 0 Å². The second-order valence-electron chi connectivity index (χ2n) is 5.21. The molecule has 0 aromatic heterocycles. The van der Waals surface area contributed by atoms with Gasteiger partial charge in [-0.2, -0.15) is 0 Å². The number of rotatable bonds is 3. The van der Waals surface area contributed by atoms with Gasteiger partial charge in [0.15, 0.2) is 9.84 Å². The summed E-state index contributed by atoms with van der Waals surface area (Å²) < 4.78 is 28.2. The van der Waals surface area contributed by atoms with E-state index in [-0.39, 0.29) is 17.5 Å². The zero-order valence-corrected chi connectivity index (χ0v) is 11.0. The molecule has 0 radical (unpaired) electrons. The Kier molecular flexibility index (Phi) is 4.07. The number of sulfone groups is 1. The first-order valence-electron chi connectivity index (χ1n) is 6.14. The van der Waals surface area contributed by atoms with Crippen molar-refractivity contribution in [2.24, 2.45) is 5.92 Å². The molecule has 17 heavy (non-hydrogen) atoms. The Bertz CT molecular complexity index is 350. The van der Waals surface area contributed by atoms with Gasteiger partial charge in [0.05, 0.1) is 23.7 Å². The summed E-state index contributed by atoms with van der Waals surface area (Å²) in [7, 11) is -1.14. The van der Waals surface area contributed by atoms with Crippen LogP contribution in [0.4, 0.5) is 0 Å². The Morgan fingerprint density at radius 2 is 1.94 bits per heavy atom. The molecule has 2 aliphatic heterocycles. The van der Waals surface area contributed by atoms with Crippen LogP contribution in [0.3, 0.4) is 0 Å². The third-order valence-corrected chi connectivity index (χ3v) is 5.45. The quantitative estimate of drug-likeness (QED) is 0.744. The van der Waals surface area contributed by atoms with Crippen LogP contribution in [0.25, 0.3) is 0 Å². The molecular weight excluding hydrogens is 242 g/mol. The normalized spacial score (nSPS) is 34.3. The van der Waals surface area contributed by atoms with Crippen LogP contribution in [0.15, 0.2) is 0 Å². The van der Waals surface area contributed by atoms with Crippen molar-refractivity contribution >= 4 is 9.84 Å². The fraction of sp³-hybridized carbons (Fsp3) is 1.00. The van der Waals surface area contributed by atoms with E-state index in [0.717, 1.165) is 32.6 Å². The highest BCUT2D eigenvalue weighted by Gasteiger charge is 2.39. The Balaban J connectivity index is 1.89. The minimum absolute atomic E-state index is 0.0875. The van der Waals surface area contributed by atoms with Crippen molar-refractivity contribution in [3.8, 4) is 0 Å². The van der Waals surface area contributed by atoms with Gasteiger partial charge in [0.25, 0.3) is 0 Å². The molecule has 2 atom stereocenters. The summed E-state index contributed by atoms with van der Waals surface area (Å²) in [6.45, 7) is 2.44. The van der Waals surface area contributed by atoms with E-state index in [1.54, 1.807) is 0 Å². The van der Waals surface area contributed by atoms with Crippen molar-refractivity contribution in [1.82, 2.24) is 4.90 Å². The number of hydrogen-bond acceptors (Lipinski definition) is 5. The van der Waals surface area contributed by atoms with E-state index in [9.17, 15) is 13.5 Å². The molecule has 0 aliphatic carbocycles. The van der Waals surface area contributed by atoms with Gasteiger partial charge >= 0.3 is 0 Å². The molecule has 2 fully saturated rings. The molecule has 0 amide bonds. The van der Waals surface area contributed by atoms with Gasteiger partial charge in [-0.05, 0) is 25.8 Å². The lowest BCUT2D eigenvalue weighted by atomic mass is 9.99. The predicted molar refractivity (Wildman–Crippen MR) is 64.6 cm³/mol. The molecular formula is C11H21NO4S. The van der Waals surface area contributed by atoms with E-state index in [2.05, 4.69) is 0 Å². The molecule has 6 heteroatoms. The van der Waals surface area contributed by atoms with E-state index >= 15 is 0 Å². The summed E-state index contributed by atoms with van der Waals surface area (Å²) >= 11 is 0. The standard InChI is InChI=1S/C11H21NO4S/c1-12(6-9-2-4-16-5-3-9)10-7-17(14,15)8-11(10)13/h9-11,13H,2-8H2,1H3. The maximum atomic E-state index is 11.4. The van der Waals surface area contributed by atoms with Crippen LogP contribution in [-0.4, -0.2) is 68.9 Å². The highest BCUT2D eigenvalue weighted by atomic mass is 32.2. The Labute approximate surface area is 103 Å². The van der Waals surface area contributed by atoms with Gasteiger partial charge < -0.3 is 9.84 Å². The maximum Gasteiger partial charge on any atom is 0.154 e. The fourth-order valence-corrected chi connectivity index (χ4v) is 4.58. The van der Waals surface area contributed by atoms with Crippen LogP contribution < -0.4 is 0 Å². The molecule has 0 spiro atoms. The van der Waals surface area contributed by atoms with Gasteiger partial charge in [-0.25, -0.2) is 8.42 Å². The maximum absolute atomic E-state index is 11.4. The lowest BCUT2D eigenvalue weighted by Crippen LogP contribution is -2.43. The van der Waals surface area contributed by atoms with E-state index in [0.29, 0.717) is 5.92 Å². The Morgan fingerprint density at radius 3 is 2.47 bits per heavy atom. The average molecular weight is 263 g/mol. The summed E-state index contributed by atoms with van der Waals surface area (Å²) in [6, 6.07) is -0.233. The molecule has 100 valence electrons. The summed E-state index contributed by atoms with van der Waals surface area (Å²) in [5.41, 5.74) is 0. The topological polar surface area (TPSA) is 66.8 Å². The first kappa shape index (κ1) is 13.3. The lowest BCUT2D eigenvalue weighted by Gasteiger charge is -2.31. The first-order chi connectivity index (χ1) is 7.98. The van der Waals surface area contributed by atoms with Crippen molar-refractivity contribution < 1.29 is 18.3 Å². The van der Waals surface area contributed by atoms with Crippen molar-refractivity contribution in [1.29, 1.82) is 0 Å². The zero-order valence-electron chi connectivity index (χ0n) is 10.2. The number of aliphatic hydroxyl groups is 1. The molecule has 2 heterocycles. The number of ether oxygens (including phenoxy) is 1. The van der Waals surface area contributed by atoms with Gasteiger partial charge in [-0.1, -0.05) is 0 Å². The third-order valence-electron chi connectivity index (χ3n) is 3.75. The van der Waals surface area contributed by atoms with Crippen molar-refractivity contribution in [2.45, 2.75) is 25.0 Å². The fourth-order valence-electron chi connectivity index (χ4n) is 2.70. The van der Waals surface area contributed by atoms with Crippen LogP contribution in [-0.2, 0) is 14.6 Å². The highest BCUT2D eigenvalue weighted by molar-refractivity contribution is 7.91. The molecule has 0 bridgehead atoms. The van der Waals surface area contributed by atoms with Crippen LogP contribution in [0, 0.1) is 5.92 Å². The zero-order chi connectivity index (χ0) is 12.5. The summed E-state index contributed by atoms with van der Waals surface area (Å²) in [5.74, 6) is 0.563. The van der Waals surface area contributed by atoms with Crippen molar-refractivity contribution in [2.75, 3.05) is 38.3 Å². The second kappa shape index (κ2) is 5.22. The number of nitrogens with zero attached hydrogens (tertiary/aromatic N) is 1. The van der Waals surface area contributed by atoms with Crippen LogP contribution >= 0.6 is 0 Å². The molecule has 2 rings (SSSR count). The van der Waals surface area contributed by atoms with Gasteiger partial charge in [0, 0.05) is 19.8 Å². The molecule has 2 aliphatic rings. The van der Waals surface area contributed by atoms with Crippen LogP contribution in [0.1, 0.15) is 12.8 Å². The first-order valence-corrected chi connectivity index (χ1v) is 7.96. The Hall–Kier alpha value is -0.170. The van der Waals surface area contributed by atoms with Gasteiger partial charge in [0.1, 0.15) is 0 Å². The van der Waals surface area contributed by atoms with Crippen molar-refractivity contribution in [3.63, 3.8) is 0 Å². The molecule has 2 saturated heterocycles.